The van der Waals surface area contributed by atoms with E-state index in [4.69, 9.17) is 0 Å². The van der Waals surface area contributed by atoms with Crippen molar-refractivity contribution < 1.29 is 4.79 Å². The van der Waals surface area contributed by atoms with Crippen LogP contribution in [0, 0.1) is 0 Å². The molecule has 1 aromatic rings. The van der Waals surface area contributed by atoms with Crippen molar-refractivity contribution in [3.63, 3.8) is 0 Å². The van der Waals surface area contributed by atoms with E-state index in [-0.39, 0.29) is 5.91 Å². The molecule has 0 bridgehead atoms. The van der Waals surface area contributed by atoms with E-state index in [2.05, 4.69) is 27.9 Å². The molecule has 0 radical (unpaired) electrons. The maximum Gasteiger partial charge on any atom is 0.221 e. The largest absolute Gasteiger partial charge is 0.357 e. The van der Waals surface area contributed by atoms with Crippen LogP contribution in [0.5, 0.6) is 0 Å². The van der Waals surface area contributed by atoms with Crippen LogP contribution in [0.25, 0.3) is 0 Å². The van der Waals surface area contributed by atoms with Crippen molar-refractivity contribution >= 4 is 17.6 Å². The van der Waals surface area contributed by atoms with Crippen molar-refractivity contribution in [1.82, 2.24) is 10.6 Å². The molecule has 0 saturated heterocycles. The van der Waals surface area contributed by atoms with Gasteiger partial charge in [-0.2, -0.15) is 0 Å². The summed E-state index contributed by atoms with van der Waals surface area (Å²) in [5.74, 6) is 0.822. The first-order chi connectivity index (χ1) is 11.2. The fourth-order valence-corrected chi connectivity index (χ4v) is 2.88. The first kappa shape index (κ1) is 17.3. The van der Waals surface area contributed by atoms with Crippen LogP contribution in [0.3, 0.4) is 0 Å². The molecule has 126 valence electrons. The highest BCUT2D eigenvalue weighted by Gasteiger charge is 2.14. The van der Waals surface area contributed by atoms with Gasteiger partial charge in [0.15, 0.2) is 5.96 Å². The predicted molar refractivity (Wildman–Crippen MR) is 95.6 cm³/mol. The lowest BCUT2D eigenvalue weighted by atomic mass is 9.96. The van der Waals surface area contributed by atoms with Crippen LogP contribution in [-0.2, 0) is 11.3 Å². The number of guanidine groups is 1. The van der Waals surface area contributed by atoms with Gasteiger partial charge in [-0.1, -0.05) is 31.4 Å². The molecule has 1 saturated carbocycles. The number of rotatable bonds is 5. The molecule has 1 aliphatic carbocycles. The van der Waals surface area contributed by atoms with Gasteiger partial charge in [-0.3, -0.25) is 4.79 Å². The van der Waals surface area contributed by atoms with Crippen LogP contribution in [0.1, 0.15) is 51.5 Å². The lowest BCUT2D eigenvalue weighted by molar-refractivity contribution is -0.114. The van der Waals surface area contributed by atoms with Crippen molar-refractivity contribution in [3.8, 4) is 0 Å². The summed E-state index contributed by atoms with van der Waals surface area (Å²) in [5.41, 5.74) is 1.90. The molecule has 2 rings (SSSR count). The van der Waals surface area contributed by atoms with E-state index in [1.165, 1.54) is 39.0 Å². The van der Waals surface area contributed by atoms with Gasteiger partial charge in [0.1, 0.15) is 0 Å². The van der Waals surface area contributed by atoms with E-state index in [0.717, 1.165) is 23.8 Å². The van der Waals surface area contributed by atoms with Gasteiger partial charge in [-0.25, -0.2) is 4.99 Å². The predicted octanol–water partition coefficient (Wildman–Crippen LogP) is 3.03. The summed E-state index contributed by atoms with van der Waals surface area (Å²) in [6, 6.07) is 8.36. The van der Waals surface area contributed by atoms with Crippen molar-refractivity contribution in [2.75, 3.05) is 11.9 Å². The minimum Gasteiger partial charge on any atom is -0.357 e. The highest BCUT2D eigenvalue weighted by atomic mass is 16.1. The number of benzene rings is 1. The average Bonchev–Trinajstić information content (AvgIpc) is 2.53. The summed E-state index contributed by atoms with van der Waals surface area (Å²) in [4.78, 5) is 15.8. The quantitative estimate of drug-likeness (QED) is 0.578. The number of hydrogen-bond acceptors (Lipinski definition) is 2. The zero-order valence-corrected chi connectivity index (χ0v) is 14.2. The lowest BCUT2D eigenvalue weighted by Gasteiger charge is -2.24. The second-order valence-electron chi connectivity index (χ2n) is 6.06. The first-order valence-corrected chi connectivity index (χ1v) is 8.58. The minimum atomic E-state index is -0.0574. The molecule has 5 nitrogen and oxygen atoms in total. The summed E-state index contributed by atoms with van der Waals surface area (Å²) in [5, 5.41) is 9.66. The van der Waals surface area contributed by atoms with Gasteiger partial charge in [0.2, 0.25) is 5.91 Å². The molecule has 23 heavy (non-hydrogen) atoms. The van der Waals surface area contributed by atoms with Crippen molar-refractivity contribution in [2.24, 2.45) is 4.99 Å². The highest BCUT2D eigenvalue weighted by Crippen LogP contribution is 2.17. The molecule has 5 heteroatoms. The zero-order valence-electron chi connectivity index (χ0n) is 14.2. The smallest absolute Gasteiger partial charge is 0.221 e. The Morgan fingerprint density at radius 2 is 2.04 bits per heavy atom. The maximum absolute atomic E-state index is 11.1. The van der Waals surface area contributed by atoms with Gasteiger partial charge < -0.3 is 16.0 Å². The number of anilines is 1. The number of carbonyl (C=O) groups is 1. The van der Waals surface area contributed by atoms with Crippen molar-refractivity contribution in [1.29, 1.82) is 0 Å². The fourth-order valence-electron chi connectivity index (χ4n) is 2.88. The van der Waals surface area contributed by atoms with Gasteiger partial charge >= 0.3 is 0 Å². The SMILES string of the molecule is CCNC(=NCc1cccc(NC(C)=O)c1)NC1CCCCC1. The monoisotopic (exact) mass is 316 g/mol. The number of hydrogen-bond donors (Lipinski definition) is 3. The Bertz CT molecular complexity index is 536. The molecular weight excluding hydrogens is 288 g/mol. The van der Waals surface area contributed by atoms with E-state index in [1.54, 1.807) is 0 Å². The normalized spacial score (nSPS) is 16.0. The molecule has 1 aromatic carbocycles. The molecule has 1 amide bonds. The maximum atomic E-state index is 11.1. The topological polar surface area (TPSA) is 65.5 Å². The highest BCUT2D eigenvalue weighted by molar-refractivity contribution is 5.88. The number of aliphatic imine (C=N–C) groups is 1. The lowest BCUT2D eigenvalue weighted by Crippen LogP contribution is -2.44. The Morgan fingerprint density at radius 3 is 2.74 bits per heavy atom. The Balaban J connectivity index is 1.97. The molecule has 0 spiro atoms. The Kier molecular flexibility index (Phi) is 6.91. The molecule has 0 unspecified atom stereocenters. The van der Waals surface area contributed by atoms with Crippen LogP contribution in [-0.4, -0.2) is 24.5 Å². The van der Waals surface area contributed by atoms with Crippen LogP contribution in [0.4, 0.5) is 5.69 Å². The van der Waals surface area contributed by atoms with E-state index < -0.39 is 0 Å². The first-order valence-electron chi connectivity index (χ1n) is 8.58. The van der Waals surface area contributed by atoms with Gasteiger partial charge in [-0.15, -0.1) is 0 Å². The number of amides is 1. The van der Waals surface area contributed by atoms with Gasteiger partial charge in [0.25, 0.3) is 0 Å². The molecule has 0 aliphatic heterocycles. The summed E-state index contributed by atoms with van der Waals surface area (Å²) in [7, 11) is 0. The third kappa shape index (κ3) is 6.30. The van der Waals surface area contributed by atoms with E-state index in [0.29, 0.717) is 12.6 Å². The van der Waals surface area contributed by atoms with Gasteiger partial charge in [0, 0.05) is 25.2 Å². The second-order valence-corrected chi connectivity index (χ2v) is 6.06. The molecule has 3 N–H and O–H groups in total. The molecule has 0 atom stereocenters. The van der Waals surface area contributed by atoms with E-state index >= 15 is 0 Å². The van der Waals surface area contributed by atoms with Crippen molar-refractivity contribution in [3.05, 3.63) is 29.8 Å². The summed E-state index contributed by atoms with van der Waals surface area (Å²) in [6.45, 7) is 5.04. The van der Waals surface area contributed by atoms with Crippen molar-refractivity contribution in [2.45, 2.75) is 58.5 Å². The zero-order chi connectivity index (χ0) is 16.5. The van der Waals surface area contributed by atoms with Crippen LogP contribution >= 0.6 is 0 Å². The third-order valence-electron chi connectivity index (χ3n) is 3.96. The molecule has 0 aromatic heterocycles. The number of nitrogens with zero attached hydrogens (tertiary/aromatic N) is 1. The standard InChI is InChI=1S/C18H28N4O/c1-3-19-18(22-16-9-5-4-6-10-16)20-13-15-8-7-11-17(12-15)21-14(2)23/h7-8,11-12,16H,3-6,9-10,13H2,1-2H3,(H,21,23)(H2,19,20,22). The molecule has 0 heterocycles. The molecule has 1 aliphatic rings. The van der Waals surface area contributed by atoms with Gasteiger partial charge in [-0.05, 0) is 37.5 Å². The molecule has 1 fully saturated rings. The number of nitrogens with one attached hydrogen (secondary N) is 3. The second kappa shape index (κ2) is 9.18. The molecular formula is C18H28N4O. The van der Waals surface area contributed by atoms with E-state index in [9.17, 15) is 4.79 Å². The fraction of sp³-hybridized carbons (Fsp3) is 0.556. The Hall–Kier alpha value is -2.04. The van der Waals surface area contributed by atoms with E-state index in [1.807, 2.05) is 24.3 Å². The Morgan fingerprint density at radius 1 is 1.26 bits per heavy atom. The third-order valence-corrected chi connectivity index (χ3v) is 3.96. The Labute approximate surface area is 139 Å². The van der Waals surface area contributed by atoms with Crippen LogP contribution < -0.4 is 16.0 Å². The average molecular weight is 316 g/mol. The number of carbonyl (C=O) groups excluding carboxylic acids is 1. The summed E-state index contributed by atoms with van der Waals surface area (Å²) >= 11 is 0. The summed E-state index contributed by atoms with van der Waals surface area (Å²) < 4.78 is 0. The summed E-state index contributed by atoms with van der Waals surface area (Å²) in [6.07, 6.45) is 6.40. The van der Waals surface area contributed by atoms with Crippen LogP contribution in [0.2, 0.25) is 0 Å². The van der Waals surface area contributed by atoms with Crippen LogP contribution in [0.15, 0.2) is 29.3 Å². The minimum absolute atomic E-state index is 0.0574. The van der Waals surface area contributed by atoms with Gasteiger partial charge in [0.05, 0.1) is 6.54 Å².